The lowest BCUT2D eigenvalue weighted by atomic mass is 10.1. The molecule has 22 heavy (non-hydrogen) atoms. The second kappa shape index (κ2) is 8.89. The Bertz CT molecular complexity index is 584. The first-order valence-electron chi connectivity index (χ1n) is 7.70. The van der Waals surface area contributed by atoms with Gasteiger partial charge in [-0.25, -0.2) is 0 Å². The molecule has 0 saturated heterocycles. The van der Waals surface area contributed by atoms with Gasteiger partial charge in [-0.05, 0) is 36.8 Å². The largest absolute Gasteiger partial charge is 0.328 e. The van der Waals surface area contributed by atoms with Gasteiger partial charge in [-0.1, -0.05) is 60.7 Å². The van der Waals surface area contributed by atoms with Crippen LogP contribution in [-0.4, -0.2) is 17.7 Å². The monoisotopic (exact) mass is 318 g/mol. The molecule has 2 aromatic carbocycles. The van der Waals surface area contributed by atoms with Crippen LogP contribution in [0.4, 0.5) is 0 Å². The van der Waals surface area contributed by atoms with Crippen molar-refractivity contribution in [3.8, 4) is 0 Å². The Labute approximate surface area is 132 Å². The molecule has 1 atom stereocenters. The predicted molar refractivity (Wildman–Crippen MR) is 90.2 cm³/mol. The summed E-state index contributed by atoms with van der Waals surface area (Å²) in [5, 5.41) is 0. The Morgan fingerprint density at radius 1 is 0.818 bits per heavy atom. The second-order valence-electron chi connectivity index (χ2n) is 5.37. The van der Waals surface area contributed by atoms with E-state index in [1.54, 1.807) is 0 Å². The Balaban J connectivity index is 1.62. The maximum absolute atomic E-state index is 11.9. The first-order valence-corrected chi connectivity index (χ1v) is 9.46. The summed E-state index contributed by atoms with van der Waals surface area (Å²) >= 11 is 0. The van der Waals surface area contributed by atoms with Crippen LogP contribution < -0.4 is 0 Å². The van der Waals surface area contributed by atoms with Gasteiger partial charge in [-0.15, -0.1) is 0 Å². The standard InChI is InChI=1S/C18H23O3P/c19-22(20,16-8-14-18-11-5-2-6-12-18)21-15-7-13-17-9-3-1-4-10-17/h1-6,9-12H,7-8,13-16H2,(H,19,20). The summed E-state index contributed by atoms with van der Waals surface area (Å²) in [6, 6.07) is 20.1. The van der Waals surface area contributed by atoms with Gasteiger partial charge in [-0.3, -0.25) is 4.57 Å². The number of rotatable bonds is 9. The normalized spacial score (nSPS) is 13.7. The molecule has 2 rings (SSSR count). The highest BCUT2D eigenvalue weighted by molar-refractivity contribution is 7.52. The zero-order chi connectivity index (χ0) is 15.7. The topological polar surface area (TPSA) is 46.5 Å². The van der Waals surface area contributed by atoms with Crippen LogP contribution in [0.15, 0.2) is 60.7 Å². The van der Waals surface area contributed by atoms with Crippen LogP contribution in [-0.2, 0) is 21.9 Å². The van der Waals surface area contributed by atoms with Gasteiger partial charge in [-0.2, -0.15) is 0 Å². The van der Waals surface area contributed by atoms with Gasteiger partial charge in [0.2, 0.25) is 0 Å². The van der Waals surface area contributed by atoms with E-state index in [1.807, 2.05) is 48.5 Å². The minimum Gasteiger partial charge on any atom is -0.324 e. The van der Waals surface area contributed by atoms with Crippen molar-refractivity contribution in [3.05, 3.63) is 71.8 Å². The first-order chi connectivity index (χ1) is 10.7. The van der Waals surface area contributed by atoms with Crippen molar-refractivity contribution in [2.45, 2.75) is 25.7 Å². The molecular formula is C18H23O3P. The van der Waals surface area contributed by atoms with E-state index in [0.717, 1.165) is 19.3 Å². The average molecular weight is 318 g/mol. The summed E-state index contributed by atoms with van der Waals surface area (Å²) in [7, 11) is -3.45. The van der Waals surface area contributed by atoms with Crippen LogP contribution in [0.3, 0.4) is 0 Å². The number of aryl methyl sites for hydroxylation is 2. The highest BCUT2D eigenvalue weighted by Gasteiger charge is 2.18. The molecule has 0 saturated carbocycles. The van der Waals surface area contributed by atoms with Gasteiger partial charge in [0.1, 0.15) is 0 Å². The summed E-state index contributed by atoms with van der Waals surface area (Å²) in [4.78, 5) is 9.82. The molecule has 0 radical (unpaired) electrons. The molecule has 3 nitrogen and oxygen atoms in total. The van der Waals surface area contributed by atoms with Crippen LogP contribution in [0.25, 0.3) is 0 Å². The smallest absolute Gasteiger partial charge is 0.324 e. The fraction of sp³-hybridized carbons (Fsp3) is 0.333. The molecule has 0 aliphatic carbocycles. The lowest BCUT2D eigenvalue weighted by Crippen LogP contribution is -2.00. The second-order valence-corrected chi connectivity index (χ2v) is 7.35. The van der Waals surface area contributed by atoms with Gasteiger partial charge in [0.15, 0.2) is 0 Å². The fourth-order valence-electron chi connectivity index (χ4n) is 2.32. The van der Waals surface area contributed by atoms with E-state index in [2.05, 4.69) is 12.1 Å². The maximum Gasteiger partial charge on any atom is 0.328 e. The van der Waals surface area contributed by atoms with Crippen LogP contribution in [0.5, 0.6) is 0 Å². The average Bonchev–Trinajstić information content (AvgIpc) is 2.53. The molecule has 0 bridgehead atoms. The maximum atomic E-state index is 11.9. The third kappa shape index (κ3) is 6.57. The predicted octanol–water partition coefficient (Wildman–Crippen LogP) is 4.45. The van der Waals surface area contributed by atoms with Crippen molar-refractivity contribution in [2.75, 3.05) is 12.8 Å². The van der Waals surface area contributed by atoms with E-state index in [9.17, 15) is 9.46 Å². The minimum atomic E-state index is -3.45. The molecule has 0 amide bonds. The molecule has 0 aromatic heterocycles. The van der Waals surface area contributed by atoms with Crippen molar-refractivity contribution in [1.82, 2.24) is 0 Å². The van der Waals surface area contributed by atoms with E-state index in [0.29, 0.717) is 13.0 Å². The van der Waals surface area contributed by atoms with Crippen molar-refractivity contribution in [2.24, 2.45) is 0 Å². The third-order valence-electron chi connectivity index (χ3n) is 3.49. The number of benzene rings is 2. The van der Waals surface area contributed by atoms with Gasteiger partial charge >= 0.3 is 7.60 Å². The number of hydrogen-bond donors (Lipinski definition) is 1. The molecule has 1 N–H and O–H groups in total. The highest BCUT2D eigenvalue weighted by Crippen LogP contribution is 2.42. The van der Waals surface area contributed by atoms with Gasteiger partial charge < -0.3 is 9.42 Å². The first kappa shape index (κ1) is 17.0. The van der Waals surface area contributed by atoms with Crippen LogP contribution >= 0.6 is 7.60 Å². The summed E-state index contributed by atoms with van der Waals surface area (Å²) in [5.41, 5.74) is 2.41. The molecule has 118 valence electrons. The molecule has 0 heterocycles. The summed E-state index contributed by atoms with van der Waals surface area (Å²) in [5.74, 6) is 0. The van der Waals surface area contributed by atoms with Crippen LogP contribution in [0.1, 0.15) is 24.0 Å². The quantitative estimate of drug-likeness (QED) is 0.549. The molecule has 1 unspecified atom stereocenters. The van der Waals surface area contributed by atoms with Gasteiger partial charge in [0.05, 0.1) is 12.8 Å². The Hall–Kier alpha value is -1.41. The molecule has 0 aliphatic rings. The lowest BCUT2D eigenvalue weighted by Gasteiger charge is -2.12. The van der Waals surface area contributed by atoms with Crippen LogP contribution in [0.2, 0.25) is 0 Å². The minimum absolute atomic E-state index is 0.216. The molecule has 2 aromatic rings. The lowest BCUT2D eigenvalue weighted by molar-refractivity contribution is 0.255. The van der Waals surface area contributed by atoms with Gasteiger partial charge in [0.25, 0.3) is 0 Å². The fourth-order valence-corrected chi connectivity index (χ4v) is 3.42. The molecule has 4 heteroatoms. The van der Waals surface area contributed by atoms with E-state index in [-0.39, 0.29) is 6.16 Å². The zero-order valence-corrected chi connectivity index (χ0v) is 13.6. The zero-order valence-electron chi connectivity index (χ0n) is 12.7. The Morgan fingerprint density at radius 2 is 1.32 bits per heavy atom. The van der Waals surface area contributed by atoms with Crippen molar-refractivity contribution < 1.29 is 14.0 Å². The Morgan fingerprint density at radius 3 is 1.86 bits per heavy atom. The van der Waals surface area contributed by atoms with E-state index < -0.39 is 7.60 Å². The van der Waals surface area contributed by atoms with E-state index >= 15 is 0 Å². The summed E-state index contributed by atoms with van der Waals surface area (Å²) < 4.78 is 17.1. The van der Waals surface area contributed by atoms with Gasteiger partial charge in [0, 0.05) is 0 Å². The van der Waals surface area contributed by atoms with E-state index in [4.69, 9.17) is 4.52 Å². The molecule has 0 aliphatic heterocycles. The van der Waals surface area contributed by atoms with Crippen molar-refractivity contribution in [1.29, 1.82) is 0 Å². The summed E-state index contributed by atoms with van der Waals surface area (Å²) in [6.07, 6.45) is 3.31. The molecular weight excluding hydrogens is 295 g/mol. The molecule has 0 fully saturated rings. The summed E-state index contributed by atoms with van der Waals surface area (Å²) in [6.45, 7) is 0.327. The SMILES string of the molecule is O=P(O)(CCCc1ccccc1)OCCCc1ccccc1. The highest BCUT2D eigenvalue weighted by atomic mass is 31.2. The van der Waals surface area contributed by atoms with E-state index in [1.165, 1.54) is 11.1 Å². The van der Waals surface area contributed by atoms with Crippen molar-refractivity contribution in [3.63, 3.8) is 0 Å². The van der Waals surface area contributed by atoms with Crippen LogP contribution in [0, 0.1) is 0 Å². The molecule has 0 spiro atoms. The Kier molecular flexibility index (Phi) is 6.85. The van der Waals surface area contributed by atoms with Crippen molar-refractivity contribution >= 4 is 7.60 Å². The third-order valence-corrected chi connectivity index (χ3v) is 4.96. The number of hydrogen-bond acceptors (Lipinski definition) is 2.